The third-order valence-corrected chi connectivity index (χ3v) is 16.0. The molecule has 5 aliphatic rings. The molecule has 3 aromatic carbocycles. The number of hydrogen-bond donors (Lipinski definition) is 2. The lowest BCUT2D eigenvalue weighted by atomic mass is 9.73. The van der Waals surface area contributed by atoms with Crippen molar-refractivity contribution in [3.63, 3.8) is 0 Å². The number of carbonyl (C=O) groups is 3. The fraction of sp³-hybridized carbons (Fsp3) is 0.534. The van der Waals surface area contributed by atoms with Gasteiger partial charge < -0.3 is 34.6 Å². The number of benzene rings is 3. The minimum absolute atomic E-state index is 0.0464. The van der Waals surface area contributed by atoms with Crippen LogP contribution in [0, 0.1) is 12.7 Å². The lowest BCUT2D eigenvalue weighted by molar-refractivity contribution is -0.126. The maximum Gasteiger partial charge on any atom is 0.410 e. The van der Waals surface area contributed by atoms with Gasteiger partial charge in [-0.2, -0.15) is 0 Å². The monoisotopic (exact) mass is 995 g/mol. The van der Waals surface area contributed by atoms with Crippen molar-refractivity contribution in [3.05, 3.63) is 101 Å². The molecule has 2 aromatic heterocycles. The van der Waals surface area contributed by atoms with E-state index < -0.39 is 16.8 Å². The lowest BCUT2D eigenvalue weighted by Crippen LogP contribution is -2.58. The number of aryl methyl sites for hydroxylation is 1. The summed E-state index contributed by atoms with van der Waals surface area (Å²) in [6.45, 7) is 23.9. The van der Waals surface area contributed by atoms with Crippen LogP contribution < -0.4 is 15.5 Å². The van der Waals surface area contributed by atoms with E-state index in [2.05, 4.69) is 86.5 Å². The van der Waals surface area contributed by atoms with Crippen LogP contribution in [0.25, 0.3) is 22.3 Å². The van der Waals surface area contributed by atoms with E-state index in [-0.39, 0.29) is 41.7 Å². The Labute approximate surface area is 430 Å². The first-order valence-corrected chi connectivity index (χ1v) is 26.9. The van der Waals surface area contributed by atoms with E-state index in [1.165, 1.54) is 36.5 Å². The van der Waals surface area contributed by atoms with Crippen molar-refractivity contribution in [1.29, 1.82) is 0 Å². The highest BCUT2D eigenvalue weighted by atomic mass is 19.1. The average molecular weight is 995 g/mol. The van der Waals surface area contributed by atoms with Gasteiger partial charge in [-0.3, -0.25) is 19.4 Å². The van der Waals surface area contributed by atoms with Crippen molar-refractivity contribution in [2.45, 2.75) is 149 Å². The van der Waals surface area contributed by atoms with Gasteiger partial charge in [-0.25, -0.2) is 19.2 Å². The van der Waals surface area contributed by atoms with Crippen LogP contribution in [-0.2, 0) is 28.0 Å². The second kappa shape index (κ2) is 20.4. The van der Waals surface area contributed by atoms with Crippen molar-refractivity contribution in [3.8, 4) is 11.3 Å². The maximum atomic E-state index is 15.9. The number of halogens is 1. The third-order valence-electron chi connectivity index (χ3n) is 16.0. The highest BCUT2D eigenvalue weighted by Crippen LogP contribution is 2.52. The SMILES string of the molecule is Cc1cc(F)c(Nc2nc(-c3ccc4c(c3)N(C3CC(N5CCCCC5)C3)C(=O)C43CCN(Cc4ccc(CN5CCN(C(=O)OC(C)(C)C)CC5)cc4)CC3)cc3ncn(C(C)C)c23)cc1C(=O)NC(C)C. The number of amides is 3. The molecular weight excluding hydrogens is 920 g/mol. The van der Waals surface area contributed by atoms with E-state index in [1.54, 1.807) is 19.3 Å². The van der Waals surface area contributed by atoms with Gasteiger partial charge in [-0.05, 0) is 167 Å². The molecule has 73 heavy (non-hydrogen) atoms. The highest BCUT2D eigenvalue weighted by Gasteiger charge is 2.55. The third kappa shape index (κ3) is 10.5. The molecule has 3 amide bonds. The van der Waals surface area contributed by atoms with Crippen LogP contribution in [0.2, 0.25) is 0 Å². The molecule has 4 fully saturated rings. The molecule has 15 heteroatoms. The maximum absolute atomic E-state index is 15.9. The van der Waals surface area contributed by atoms with Gasteiger partial charge in [0.05, 0.1) is 28.6 Å². The first kappa shape index (κ1) is 50.6. The zero-order valence-corrected chi connectivity index (χ0v) is 44.3. The van der Waals surface area contributed by atoms with Crippen LogP contribution >= 0.6 is 0 Å². The van der Waals surface area contributed by atoms with E-state index >= 15 is 9.18 Å². The van der Waals surface area contributed by atoms with Gasteiger partial charge in [0.1, 0.15) is 16.9 Å². The van der Waals surface area contributed by atoms with E-state index in [0.717, 1.165) is 100 Å². The molecule has 0 bridgehead atoms. The van der Waals surface area contributed by atoms with Crippen LogP contribution in [0.1, 0.15) is 132 Å². The van der Waals surface area contributed by atoms with Crippen molar-refractivity contribution in [1.82, 2.24) is 39.5 Å². The minimum atomic E-state index is -0.611. The second-order valence-electron chi connectivity index (χ2n) is 23.1. The Kier molecular flexibility index (Phi) is 14.2. The molecule has 0 atom stereocenters. The predicted octanol–water partition coefficient (Wildman–Crippen LogP) is 9.96. The number of rotatable bonds is 12. The van der Waals surface area contributed by atoms with Crippen LogP contribution in [-0.4, -0.2) is 128 Å². The number of nitrogens with one attached hydrogen (secondary N) is 2. The number of nitrogens with zero attached hydrogens (tertiary/aromatic N) is 8. The average Bonchev–Trinajstić information content (AvgIpc) is 3.87. The fourth-order valence-corrected chi connectivity index (χ4v) is 11.9. The van der Waals surface area contributed by atoms with Crippen LogP contribution in [0.15, 0.2) is 67.0 Å². The number of fused-ring (bicyclic) bond motifs is 3. The zero-order chi connectivity index (χ0) is 51.3. The summed E-state index contributed by atoms with van der Waals surface area (Å²) in [6, 6.07) is 20.9. The second-order valence-corrected chi connectivity index (χ2v) is 23.1. The van der Waals surface area contributed by atoms with Gasteiger partial charge >= 0.3 is 6.09 Å². The van der Waals surface area contributed by atoms with Gasteiger partial charge in [0.25, 0.3) is 5.91 Å². The van der Waals surface area contributed by atoms with Crippen molar-refractivity contribution >= 4 is 46.1 Å². The summed E-state index contributed by atoms with van der Waals surface area (Å²) in [7, 11) is 0. The molecule has 10 rings (SSSR count). The number of aromatic nitrogens is 3. The van der Waals surface area contributed by atoms with Crippen molar-refractivity contribution < 1.29 is 23.5 Å². The molecule has 0 radical (unpaired) electrons. The molecule has 0 unspecified atom stereocenters. The molecule has 3 saturated heterocycles. The number of hydrogen-bond acceptors (Lipinski definition) is 10. The molecule has 1 spiro atoms. The van der Waals surface area contributed by atoms with Crippen LogP contribution in [0.5, 0.6) is 0 Å². The van der Waals surface area contributed by atoms with Crippen molar-refractivity contribution in [2.75, 3.05) is 62.6 Å². The summed E-state index contributed by atoms with van der Waals surface area (Å²) < 4.78 is 23.5. The number of piperidine rings is 2. The number of imidazole rings is 1. The van der Waals surface area contributed by atoms with Crippen molar-refractivity contribution in [2.24, 2.45) is 0 Å². The Morgan fingerprint density at radius 2 is 1.48 bits per heavy atom. The van der Waals surface area contributed by atoms with Crippen LogP contribution in [0.3, 0.4) is 0 Å². The topological polar surface area (TPSA) is 131 Å². The van der Waals surface area contributed by atoms with Gasteiger partial charge in [0, 0.05) is 80.3 Å². The molecular formula is C58H75FN10O4. The lowest BCUT2D eigenvalue weighted by Gasteiger charge is -2.48. The Morgan fingerprint density at radius 3 is 2.11 bits per heavy atom. The molecule has 5 aromatic rings. The van der Waals surface area contributed by atoms with Gasteiger partial charge in [0.15, 0.2) is 5.82 Å². The minimum Gasteiger partial charge on any atom is -0.444 e. The Hall–Kier alpha value is -5.90. The first-order valence-electron chi connectivity index (χ1n) is 26.9. The molecule has 1 aliphatic carbocycles. The Morgan fingerprint density at radius 1 is 0.822 bits per heavy atom. The number of ether oxygens (including phenoxy) is 1. The Balaban J connectivity index is 0.889. The summed E-state index contributed by atoms with van der Waals surface area (Å²) in [4.78, 5) is 62.7. The summed E-state index contributed by atoms with van der Waals surface area (Å²) in [6.07, 6.45) is 8.77. The highest BCUT2D eigenvalue weighted by molar-refractivity contribution is 6.09. The molecule has 388 valence electrons. The van der Waals surface area contributed by atoms with E-state index in [0.29, 0.717) is 47.3 Å². The largest absolute Gasteiger partial charge is 0.444 e. The number of carbonyl (C=O) groups excluding carboxylic acids is 3. The van der Waals surface area contributed by atoms with E-state index in [9.17, 15) is 9.59 Å². The standard InChI is InChI=1S/C58H75FN10O4/c1-37(2)61-54(70)45-32-49(47(59)28-39(45)5)63-53-52-50(60-36-68(52)38(3)4)33-48(62-53)42-16-17-46-51(29-42)69(44-30-43(31-44)66-20-10-9-11-21-66)55(71)58(46)18-22-64(23-19-58)34-40-12-14-41(15-13-40)35-65-24-26-67(27-25-65)56(72)73-57(6,7)8/h12-17,28-29,32-33,36-38,43-44H,9-11,18-27,30-31,34-35H2,1-8H3,(H,61,70)(H,62,63). The van der Waals surface area contributed by atoms with E-state index in [1.807, 2.05) is 50.2 Å². The molecule has 2 N–H and O–H groups in total. The smallest absolute Gasteiger partial charge is 0.410 e. The first-order chi connectivity index (χ1) is 34.9. The number of piperazine rings is 1. The predicted molar refractivity (Wildman–Crippen MR) is 286 cm³/mol. The quantitative estimate of drug-likeness (QED) is 0.125. The van der Waals surface area contributed by atoms with Gasteiger partial charge in [-0.1, -0.05) is 42.8 Å². The Bertz CT molecular complexity index is 2850. The molecule has 14 nitrogen and oxygen atoms in total. The number of likely N-dealkylation sites (tertiary alicyclic amines) is 2. The summed E-state index contributed by atoms with van der Waals surface area (Å²) >= 11 is 0. The van der Waals surface area contributed by atoms with Gasteiger partial charge in [0.2, 0.25) is 5.91 Å². The summed E-state index contributed by atoms with van der Waals surface area (Å²) in [5.74, 6) is -0.0942. The number of pyridine rings is 1. The van der Waals surface area contributed by atoms with E-state index in [4.69, 9.17) is 14.7 Å². The summed E-state index contributed by atoms with van der Waals surface area (Å²) in [5, 5.41) is 6.25. The fourth-order valence-electron chi connectivity index (χ4n) is 11.9. The normalized spacial score (nSPS) is 20.8. The summed E-state index contributed by atoms with van der Waals surface area (Å²) in [5.41, 5.74) is 7.53. The molecule has 4 aliphatic heterocycles. The molecule has 1 saturated carbocycles. The molecule has 6 heterocycles. The zero-order valence-electron chi connectivity index (χ0n) is 44.3. The van der Waals surface area contributed by atoms with Crippen LogP contribution in [0.4, 0.5) is 26.4 Å². The van der Waals surface area contributed by atoms with Gasteiger partial charge in [-0.15, -0.1) is 0 Å². The number of anilines is 3.